The number of aromatic nitrogens is 2. The van der Waals surface area contributed by atoms with Gasteiger partial charge in [-0.1, -0.05) is 0 Å². The zero-order valence-electron chi connectivity index (χ0n) is 15.8. The van der Waals surface area contributed by atoms with E-state index in [0.29, 0.717) is 0 Å². The predicted molar refractivity (Wildman–Crippen MR) is 94.6 cm³/mol. The molecule has 2 atom stereocenters. The van der Waals surface area contributed by atoms with Gasteiger partial charge in [-0.3, -0.25) is 4.79 Å². The monoisotopic (exact) mass is 452 g/mol. The van der Waals surface area contributed by atoms with Crippen molar-refractivity contribution in [3.8, 4) is 0 Å². The molecule has 31 heavy (non-hydrogen) atoms. The van der Waals surface area contributed by atoms with Gasteiger partial charge in [-0.2, -0.15) is 26.3 Å². The third-order valence-electron chi connectivity index (χ3n) is 5.21. The smallest absolute Gasteiger partial charge is 0.385 e. The molecule has 0 radical (unpaired) electrons. The van der Waals surface area contributed by atoms with E-state index in [-0.39, 0.29) is 31.7 Å². The zero-order chi connectivity index (χ0) is 23.1. The highest BCUT2D eigenvalue weighted by Crippen LogP contribution is 2.40. The Morgan fingerprint density at radius 2 is 1.84 bits per heavy atom. The number of aliphatic hydroxyl groups is 1. The number of aliphatic hydroxyl groups excluding tert-OH is 1. The van der Waals surface area contributed by atoms with Gasteiger partial charge in [-0.25, -0.2) is 9.97 Å². The Morgan fingerprint density at radius 1 is 1.23 bits per heavy atom. The van der Waals surface area contributed by atoms with Crippen molar-refractivity contribution in [1.29, 1.82) is 5.41 Å². The molecule has 1 saturated heterocycles. The second-order valence-electron chi connectivity index (χ2n) is 7.19. The second kappa shape index (κ2) is 7.98. The van der Waals surface area contributed by atoms with Crippen LogP contribution >= 0.6 is 0 Å². The standard InChI is InChI=1S/C17H18F6N6O2/c18-16(19,20)10-9(13(25)28-14(31)12(10)30)11(24)7-2-5-29(6-3-7)8-1-4-26-15(27-8)17(21,22)23/h1,4,7,10,12,24,30H,2-3,5-6,25H2,(H,28,31)/t10-,12-/m1/s1. The lowest BCUT2D eigenvalue weighted by Gasteiger charge is -2.37. The largest absolute Gasteiger partial charge is 0.451 e. The van der Waals surface area contributed by atoms with Crippen LogP contribution in [0.25, 0.3) is 0 Å². The first-order valence-corrected chi connectivity index (χ1v) is 9.10. The fourth-order valence-corrected chi connectivity index (χ4v) is 3.69. The summed E-state index contributed by atoms with van der Waals surface area (Å²) in [6, 6.07) is 1.29. The van der Waals surface area contributed by atoms with Crippen molar-refractivity contribution in [2.24, 2.45) is 17.6 Å². The number of nitrogens with one attached hydrogen (secondary N) is 2. The number of halogens is 6. The molecule has 3 heterocycles. The van der Waals surface area contributed by atoms with Crippen molar-refractivity contribution >= 4 is 17.4 Å². The number of hydrogen-bond acceptors (Lipinski definition) is 7. The fraction of sp³-hybridized carbons (Fsp3) is 0.529. The van der Waals surface area contributed by atoms with Crippen molar-refractivity contribution in [2.75, 3.05) is 18.0 Å². The van der Waals surface area contributed by atoms with Gasteiger partial charge in [0.2, 0.25) is 5.82 Å². The van der Waals surface area contributed by atoms with Gasteiger partial charge in [0.15, 0.2) is 0 Å². The highest BCUT2D eigenvalue weighted by atomic mass is 19.4. The SMILES string of the molecule is N=C(C1=C(N)NC(=O)[C@H](O)[C@@H]1C(F)(F)F)C1CCN(c2ccnc(C(F)(F)F)n2)CC1. The molecule has 5 N–H and O–H groups in total. The van der Waals surface area contributed by atoms with E-state index in [9.17, 15) is 36.2 Å². The molecule has 0 saturated carbocycles. The third-order valence-corrected chi connectivity index (χ3v) is 5.21. The van der Waals surface area contributed by atoms with Crippen LogP contribution in [0.4, 0.5) is 32.2 Å². The van der Waals surface area contributed by atoms with E-state index < -0.39 is 59.1 Å². The van der Waals surface area contributed by atoms with Gasteiger partial charge in [0.25, 0.3) is 5.91 Å². The maximum absolute atomic E-state index is 13.5. The Hall–Kier alpha value is -2.90. The van der Waals surface area contributed by atoms with Crippen LogP contribution in [0.1, 0.15) is 18.7 Å². The number of anilines is 1. The molecule has 3 rings (SSSR count). The number of piperidine rings is 1. The van der Waals surface area contributed by atoms with Crippen molar-refractivity contribution in [1.82, 2.24) is 15.3 Å². The van der Waals surface area contributed by atoms with E-state index in [4.69, 9.17) is 11.1 Å². The van der Waals surface area contributed by atoms with Crippen molar-refractivity contribution in [3.05, 3.63) is 29.5 Å². The van der Waals surface area contributed by atoms with Crippen molar-refractivity contribution < 1.29 is 36.2 Å². The normalized spacial score (nSPS) is 23.7. The maximum Gasteiger partial charge on any atom is 0.451 e. The number of amides is 1. The highest BCUT2D eigenvalue weighted by Gasteiger charge is 2.53. The third kappa shape index (κ3) is 4.57. The average Bonchev–Trinajstić information content (AvgIpc) is 2.68. The van der Waals surface area contributed by atoms with E-state index in [1.54, 1.807) is 0 Å². The topological polar surface area (TPSA) is 128 Å². The van der Waals surface area contributed by atoms with E-state index in [0.717, 1.165) is 6.20 Å². The number of hydrogen-bond donors (Lipinski definition) is 4. The minimum absolute atomic E-state index is 0.0135. The molecule has 8 nitrogen and oxygen atoms in total. The minimum atomic E-state index is -5.01. The molecule has 170 valence electrons. The summed E-state index contributed by atoms with van der Waals surface area (Å²) in [5.41, 5.74) is 4.39. The Kier molecular flexibility index (Phi) is 5.86. The van der Waals surface area contributed by atoms with Crippen LogP contribution in [0.2, 0.25) is 0 Å². The summed E-state index contributed by atoms with van der Waals surface area (Å²) in [5, 5.41) is 20.0. The highest BCUT2D eigenvalue weighted by molar-refractivity contribution is 6.03. The van der Waals surface area contributed by atoms with E-state index >= 15 is 0 Å². The van der Waals surface area contributed by atoms with Gasteiger partial charge in [-0.15, -0.1) is 0 Å². The molecule has 14 heteroatoms. The Bertz CT molecular complexity index is 907. The molecular formula is C17H18F6N6O2. The molecule has 0 aromatic carbocycles. The summed E-state index contributed by atoms with van der Waals surface area (Å²) in [4.78, 5) is 19.7. The van der Waals surface area contributed by atoms with Crippen molar-refractivity contribution in [2.45, 2.75) is 31.3 Å². The van der Waals surface area contributed by atoms with Crippen LogP contribution in [-0.4, -0.2) is 52.1 Å². The van der Waals surface area contributed by atoms with E-state index in [2.05, 4.69) is 9.97 Å². The van der Waals surface area contributed by atoms with Gasteiger partial charge in [0.05, 0.1) is 0 Å². The summed E-state index contributed by atoms with van der Waals surface area (Å²) in [5.74, 6) is -6.59. The Balaban J connectivity index is 1.77. The van der Waals surface area contributed by atoms with Crippen LogP contribution in [0, 0.1) is 17.2 Å². The molecule has 0 unspecified atom stereocenters. The van der Waals surface area contributed by atoms with Gasteiger partial charge >= 0.3 is 12.4 Å². The number of nitrogens with zero attached hydrogens (tertiary/aromatic N) is 3. The van der Waals surface area contributed by atoms with Gasteiger partial charge in [0, 0.05) is 36.5 Å². The zero-order valence-corrected chi connectivity index (χ0v) is 15.8. The van der Waals surface area contributed by atoms with Gasteiger partial charge in [0.1, 0.15) is 23.7 Å². The van der Waals surface area contributed by atoms with Crippen LogP contribution in [0.15, 0.2) is 23.7 Å². The lowest BCUT2D eigenvalue weighted by Crippen LogP contribution is -2.54. The molecule has 0 bridgehead atoms. The summed E-state index contributed by atoms with van der Waals surface area (Å²) >= 11 is 0. The summed E-state index contributed by atoms with van der Waals surface area (Å²) < 4.78 is 78.9. The number of rotatable bonds is 3. The number of carbonyl (C=O) groups is 1. The van der Waals surface area contributed by atoms with Gasteiger partial charge in [-0.05, 0) is 18.9 Å². The summed E-state index contributed by atoms with van der Waals surface area (Å²) in [6.45, 7) is 0.250. The molecule has 0 aliphatic carbocycles. The molecule has 2 aliphatic heterocycles. The maximum atomic E-state index is 13.5. The Labute approximate surface area is 171 Å². The quantitative estimate of drug-likeness (QED) is 0.407. The molecule has 0 spiro atoms. The molecule has 2 aliphatic rings. The van der Waals surface area contributed by atoms with Gasteiger partial charge < -0.3 is 26.5 Å². The van der Waals surface area contributed by atoms with Crippen LogP contribution in [0.3, 0.4) is 0 Å². The second-order valence-corrected chi connectivity index (χ2v) is 7.19. The Morgan fingerprint density at radius 3 is 2.39 bits per heavy atom. The number of carbonyl (C=O) groups excluding carboxylic acids is 1. The molecule has 1 aromatic heterocycles. The molecule has 1 amide bonds. The lowest BCUT2D eigenvalue weighted by atomic mass is 9.79. The first kappa shape index (κ1) is 22.8. The lowest BCUT2D eigenvalue weighted by molar-refractivity contribution is -0.192. The van der Waals surface area contributed by atoms with Crippen LogP contribution in [-0.2, 0) is 11.0 Å². The first-order valence-electron chi connectivity index (χ1n) is 9.10. The number of nitrogens with two attached hydrogens (primary N) is 1. The summed E-state index contributed by atoms with van der Waals surface area (Å²) in [7, 11) is 0. The van der Waals surface area contributed by atoms with Crippen molar-refractivity contribution in [3.63, 3.8) is 0 Å². The summed E-state index contributed by atoms with van der Waals surface area (Å²) in [6.07, 6.45) is -10.9. The predicted octanol–water partition coefficient (Wildman–Crippen LogP) is 1.57. The number of alkyl halides is 6. The van der Waals surface area contributed by atoms with Crippen LogP contribution < -0.4 is 16.0 Å². The average molecular weight is 452 g/mol. The van der Waals surface area contributed by atoms with E-state index in [1.165, 1.54) is 11.0 Å². The molecule has 1 fully saturated rings. The fourth-order valence-electron chi connectivity index (χ4n) is 3.69. The minimum Gasteiger partial charge on any atom is -0.385 e. The first-order chi connectivity index (χ1) is 14.3. The molecule has 1 aromatic rings. The molecular weight excluding hydrogens is 434 g/mol. The van der Waals surface area contributed by atoms with E-state index in [1.807, 2.05) is 5.32 Å². The van der Waals surface area contributed by atoms with Crippen LogP contribution in [0.5, 0.6) is 0 Å².